The van der Waals surface area contributed by atoms with E-state index < -0.39 is 11.4 Å². The van der Waals surface area contributed by atoms with Crippen molar-refractivity contribution in [1.29, 1.82) is 0 Å². The lowest BCUT2D eigenvalue weighted by atomic mass is 9.95. The minimum Gasteiger partial charge on any atom is -0.367 e. The van der Waals surface area contributed by atoms with E-state index in [1.807, 2.05) is 42.6 Å². The monoisotopic (exact) mass is 261 g/mol. The first-order valence-corrected chi connectivity index (χ1v) is 6.60. The van der Waals surface area contributed by atoms with Gasteiger partial charge >= 0.3 is 0 Å². The van der Waals surface area contributed by atoms with E-state index in [4.69, 9.17) is 5.73 Å². The Kier molecular flexibility index (Phi) is 3.62. The topological polar surface area (TPSA) is 68.0 Å². The molecule has 2 rings (SSSR count). The fourth-order valence-electron chi connectivity index (χ4n) is 1.84. The number of hydrogen-bond acceptors (Lipinski definition) is 4. The maximum Gasteiger partial charge on any atom is 0.250 e. The summed E-state index contributed by atoms with van der Waals surface area (Å²) in [5.74, 6) is -0.413. The molecule has 0 saturated carbocycles. The summed E-state index contributed by atoms with van der Waals surface area (Å²) in [5, 5.41) is 5.76. The van der Waals surface area contributed by atoms with Gasteiger partial charge in [-0.05, 0) is 18.6 Å². The van der Waals surface area contributed by atoms with Crippen molar-refractivity contribution in [1.82, 2.24) is 4.98 Å². The number of primary amides is 1. The van der Waals surface area contributed by atoms with Crippen LogP contribution in [-0.2, 0) is 10.3 Å². The molecule has 0 aliphatic carbocycles. The smallest absolute Gasteiger partial charge is 0.250 e. The Balaban J connectivity index is 2.40. The Hall–Kier alpha value is -1.88. The highest BCUT2D eigenvalue weighted by atomic mass is 32.1. The van der Waals surface area contributed by atoms with E-state index in [0.29, 0.717) is 11.4 Å². The molecule has 18 heavy (non-hydrogen) atoms. The Morgan fingerprint density at radius 3 is 2.67 bits per heavy atom. The molecule has 0 bridgehead atoms. The van der Waals surface area contributed by atoms with Gasteiger partial charge in [-0.1, -0.05) is 25.1 Å². The summed E-state index contributed by atoms with van der Waals surface area (Å²) < 4.78 is 0. The molecule has 0 saturated heterocycles. The van der Waals surface area contributed by atoms with E-state index in [1.165, 1.54) is 11.3 Å². The van der Waals surface area contributed by atoms with Crippen molar-refractivity contribution in [3.63, 3.8) is 0 Å². The van der Waals surface area contributed by atoms with Crippen molar-refractivity contribution in [2.75, 3.05) is 5.32 Å². The van der Waals surface area contributed by atoms with Crippen LogP contribution in [0.1, 0.15) is 18.4 Å². The average Bonchev–Trinajstić information content (AvgIpc) is 2.91. The number of nitrogens with zero attached hydrogens (tertiary/aromatic N) is 1. The predicted molar refractivity (Wildman–Crippen MR) is 73.3 cm³/mol. The summed E-state index contributed by atoms with van der Waals surface area (Å²) in [4.78, 5) is 16.1. The molecule has 0 aliphatic rings. The van der Waals surface area contributed by atoms with Crippen molar-refractivity contribution in [3.8, 4) is 0 Å². The van der Waals surface area contributed by atoms with Gasteiger partial charge in [-0.3, -0.25) is 4.79 Å². The first kappa shape index (κ1) is 12.6. The van der Waals surface area contributed by atoms with Crippen LogP contribution in [0.2, 0.25) is 0 Å². The molecule has 5 heteroatoms. The van der Waals surface area contributed by atoms with E-state index in [0.717, 1.165) is 5.69 Å². The molecule has 1 amide bonds. The molecule has 1 unspecified atom stereocenters. The van der Waals surface area contributed by atoms with E-state index >= 15 is 0 Å². The summed E-state index contributed by atoms with van der Waals surface area (Å²) in [5.41, 5.74) is 5.51. The van der Waals surface area contributed by atoms with Gasteiger partial charge in [0, 0.05) is 17.3 Å². The number of thiazole rings is 1. The van der Waals surface area contributed by atoms with Crippen molar-refractivity contribution < 1.29 is 4.79 Å². The number of rotatable bonds is 5. The van der Waals surface area contributed by atoms with Gasteiger partial charge in [0.1, 0.15) is 5.01 Å². The molecule has 1 atom stereocenters. The molecule has 3 N–H and O–H groups in total. The van der Waals surface area contributed by atoms with E-state index in [1.54, 1.807) is 6.20 Å². The number of carbonyl (C=O) groups is 1. The van der Waals surface area contributed by atoms with Gasteiger partial charge in [0.05, 0.1) is 0 Å². The van der Waals surface area contributed by atoms with Crippen LogP contribution in [-0.4, -0.2) is 10.9 Å². The zero-order valence-corrected chi connectivity index (χ0v) is 10.9. The van der Waals surface area contributed by atoms with Crippen molar-refractivity contribution in [2.45, 2.75) is 18.9 Å². The molecule has 0 fully saturated rings. The van der Waals surface area contributed by atoms with E-state index in [2.05, 4.69) is 10.3 Å². The summed E-state index contributed by atoms with van der Waals surface area (Å²) in [6.07, 6.45) is 2.23. The number of benzene rings is 1. The highest BCUT2D eigenvalue weighted by Gasteiger charge is 2.39. The summed E-state index contributed by atoms with van der Waals surface area (Å²) in [6, 6.07) is 9.55. The molecule has 1 aromatic carbocycles. The van der Waals surface area contributed by atoms with E-state index in [9.17, 15) is 4.79 Å². The quantitative estimate of drug-likeness (QED) is 0.868. The number of para-hydroxylation sites is 1. The van der Waals surface area contributed by atoms with Crippen molar-refractivity contribution in [2.24, 2.45) is 5.73 Å². The van der Waals surface area contributed by atoms with Gasteiger partial charge in [0.25, 0.3) is 0 Å². The highest BCUT2D eigenvalue weighted by Crippen LogP contribution is 2.30. The maximum atomic E-state index is 11.9. The van der Waals surface area contributed by atoms with Gasteiger partial charge in [-0.25, -0.2) is 4.98 Å². The third-order valence-electron chi connectivity index (χ3n) is 2.88. The van der Waals surface area contributed by atoms with Crippen LogP contribution in [0.15, 0.2) is 41.9 Å². The zero-order chi connectivity index (χ0) is 13.0. The second-order valence-electron chi connectivity index (χ2n) is 3.95. The summed E-state index contributed by atoms with van der Waals surface area (Å²) >= 11 is 1.43. The fraction of sp³-hybridized carbons (Fsp3) is 0.231. The third-order valence-corrected chi connectivity index (χ3v) is 3.81. The highest BCUT2D eigenvalue weighted by molar-refractivity contribution is 7.09. The molecule has 2 aromatic rings. The molecule has 1 heterocycles. The zero-order valence-electron chi connectivity index (χ0n) is 10.1. The van der Waals surface area contributed by atoms with Crippen LogP contribution in [0.5, 0.6) is 0 Å². The van der Waals surface area contributed by atoms with Gasteiger partial charge in [0.2, 0.25) is 5.91 Å². The van der Waals surface area contributed by atoms with E-state index in [-0.39, 0.29) is 0 Å². The average molecular weight is 261 g/mol. The summed E-state index contributed by atoms with van der Waals surface area (Å²) in [7, 11) is 0. The normalized spacial score (nSPS) is 13.8. The largest absolute Gasteiger partial charge is 0.367 e. The second-order valence-corrected chi connectivity index (χ2v) is 4.85. The lowest BCUT2D eigenvalue weighted by Gasteiger charge is -2.29. The molecular weight excluding hydrogens is 246 g/mol. The van der Waals surface area contributed by atoms with Gasteiger partial charge in [-0.15, -0.1) is 11.3 Å². The molecule has 0 radical (unpaired) electrons. The Morgan fingerprint density at radius 1 is 1.44 bits per heavy atom. The first-order valence-electron chi connectivity index (χ1n) is 5.72. The Labute approximate surface area is 110 Å². The number of amides is 1. The minimum atomic E-state index is -0.935. The van der Waals surface area contributed by atoms with Gasteiger partial charge < -0.3 is 11.1 Å². The Morgan fingerprint density at radius 2 is 2.17 bits per heavy atom. The summed E-state index contributed by atoms with van der Waals surface area (Å²) in [6.45, 7) is 1.92. The number of carbonyl (C=O) groups excluding carboxylic acids is 1. The maximum absolute atomic E-state index is 11.9. The van der Waals surface area contributed by atoms with Crippen LogP contribution < -0.4 is 11.1 Å². The SMILES string of the molecule is CCC(Nc1ccccc1)(C(N)=O)c1nccs1. The first-order chi connectivity index (χ1) is 8.69. The van der Waals surface area contributed by atoms with Crippen molar-refractivity contribution >= 4 is 22.9 Å². The molecule has 1 aromatic heterocycles. The van der Waals surface area contributed by atoms with Crippen LogP contribution in [0.25, 0.3) is 0 Å². The number of aromatic nitrogens is 1. The van der Waals surface area contributed by atoms with Crippen LogP contribution in [0.4, 0.5) is 5.69 Å². The van der Waals surface area contributed by atoms with Crippen LogP contribution in [0.3, 0.4) is 0 Å². The molecule has 0 spiro atoms. The molecular formula is C13H15N3OS. The van der Waals surface area contributed by atoms with Crippen LogP contribution >= 0.6 is 11.3 Å². The number of anilines is 1. The minimum absolute atomic E-state index is 0.413. The Bertz CT molecular complexity index is 512. The molecule has 4 nitrogen and oxygen atoms in total. The van der Waals surface area contributed by atoms with Crippen molar-refractivity contribution in [3.05, 3.63) is 46.9 Å². The third kappa shape index (κ3) is 2.22. The second kappa shape index (κ2) is 5.18. The van der Waals surface area contributed by atoms with Gasteiger partial charge in [0.15, 0.2) is 5.54 Å². The number of nitrogens with one attached hydrogen (secondary N) is 1. The molecule has 94 valence electrons. The lowest BCUT2D eigenvalue weighted by Crippen LogP contribution is -2.47. The number of nitrogens with two attached hydrogens (primary N) is 1. The van der Waals surface area contributed by atoms with Crippen LogP contribution in [0, 0.1) is 0 Å². The molecule has 0 aliphatic heterocycles. The standard InChI is InChI=1S/C13H15N3OS/c1-2-13(11(14)17,12-15-8-9-18-12)16-10-6-4-3-5-7-10/h3-9,16H,2H2,1H3,(H2,14,17). The lowest BCUT2D eigenvalue weighted by molar-refractivity contribution is -0.122. The predicted octanol–water partition coefficient (Wildman–Crippen LogP) is 2.35. The number of hydrogen-bond donors (Lipinski definition) is 2. The van der Waals surface area contributed by atoms with Gasteiger partial charge in [-0.2, -0.15) is 0 Å². The fourth-order valence-corrected chi connectivity index (χ4v) is 2.71.